The van der Waals surface area contributed by atoms with Crippen molar-refractivity contribution in [3.63, 3.8) is 0 Å². The molecule has 3 heteroatoms. The highest BCUT2D eigenvalue weighted by atomic mass is 16.5. The molecule has 1 aromatic carbocycles. The lowest BCUT2D eigenvalue weighted by Crippen LogP contribution is -2.15. The Morgan fingerprint density at radius 1 is 1.43 bits per heavy atom. The first-order chi connectivity index (χ1) is 6.81. The molecule has 0 aromatic heterocycles. The summed E-state index contributed by atoms with van der Waals surface area (Å²) in [5.74, 6) is 0.472. The molecule has 1 aliphatic rings. The van der Waals surface area contributed by atoms with Gasteiger partial charge in [0.1, 0.15) is 12.4 Å². The van der Waals surface area contributed by atoms with Crippen LogP contribution in [0.4, 0.5) is 0 Å². The monoisotopic (exact) mass is 190 g/mol. The topological polar surface area (TPSA) is 35.5 Å². The minimum Gasteiger partial charge on any atom is -0.488 e. The second-order valence-electron chi connectivity index (χ2n) is 2.99. The number of ether oxygens (including phenoxy) is 2. The van der Waals surface area contributed by atoms with Crippen molar-refractivity contribution in [1.82, 2.24) is 0 Å². The summed E-state index contributed by atoms with van der Waals surface area (Å²) in [4.78, 5) is 11.2. The van der Waals surface area contributed by atoms with E-state index in [2.05, 4.69) is 4.74 Å². The van der Waals surface area contributed by atoms with Gasteiger partial charge in [-0.1, -0.05) is 18.2 Å². The molecule has 0 saturated carbocycles. The Morgan fingerprint density at radius 3 is 3.00 bits per heavy atom. The number of esters is 1. The summed E-state index contributed by atoms with van der Waals surface area (Å²) in [7, 11) is 1.36. The van der Waals surface area contributed by atoms with Crippen LogP contribution >= 0.6 is 0 Å². The lowest BCUT2D eigenvalue weighted by molar-refractivity contribution is -0.136. The summed E-state index contributed by atoms with van der Waals surface area (Å²) in [5, 5.41) is 0. The number of fused-ring (bicyclic) bond motifs is 1. The number of hydrogen-bond donors (Lipinski definition) is 0. The van der Waals surface area contributed by atoms with Gasteiger partial charge in [0.05, 0.1) is 12.7 Å². The van der Waals surface area contributed by atoms with Gasteiger partial charge < -0.3 is 9.47 Å². The quantitative estimate of drug-likeness (QED) is 0.631. The molecule has 1 aliphatic heterocycles. The van der Waals surface area contributed by atoms with Gasteiger partial charge in [0, 0.05) is 5.56 Å². The number of methoxy groups -OCH3 is 1. The smallest absolute Gasteiger partial charge is 0.337 e. The number of rotatable bonds is 1. The molecule has 0 N–H and O–H groups in total. The van der Waals surface area contributed by atoms with Crippen LogP contribution in [0.2, 0.25) is 0 Å². The minimum atomic E-state index is -0.334. The highest BCUT2D eigenvalue weighted by Gasteiger charge is 2.16. The SMILES string of the molecule is COC(=O)C1=Cc2ccccc2OC1. The molecule has 72 valence electrons. The Labute approximate surface area is 81.9 Å². The van der Waals surface area contributed by atoms with Crippen molar-refractivity contribution in [2.75, 3.05) is 13.7 Å². The van der Waals surface area contributed by atoms with Gasteiger partial charge in [-0.15, -0.1) is 0 Å². The maximum absolute atomic E-state index is 11.2. The van der Waals surface area contributed by atoms with Gasteiger partial charge in [-0.2, -0.15) is 0 Å². The average Bonchev–Trinajstić information content (AvgIpc) is 2.27. The summed E-state index contributed by atoms with van der Waals surface area (Å²) in [6.07, 6.45) is 1.80. The summed E-state index contributed by atoms with van der Waals surface area (Å²) >= 11 is 0. The van der Waals surface area contributed by atoms with Gasteiger partial charge in [0.2, 0.25) is 0 Å². The van der Waals surface area contributed by atoms with E-state index >= 15 is 0 Å². The zero-order chi connectivity index (χ0) is 9.97. The van der Waals surface area contributed by atoms with Crippen molar-refractivity contribution in [1.29, 1.82) is 0 Å². The van der Waals surface area contributed by atoms with E-state index in [4.69, 9.17) is 4.74 Å². The molecular formula is C11H10O3. The van der Waals surface area contributed by atoms with Crippen LogP contribution in [0, 0.1) is 0 Å². The van der Waals surface area contributed by atoms with Crippen molar-refractivity contribution in [2.45, 2.75) is 0 Å². The first-order valence-corrected chi connectivity index (χ1v) is 4.32. The first kappa shape index (κ1) is 8.81. The Morgan fingerprint density at radius 2 is 2.21 bits per heavy atom. The summed E-state index contributed by atoms with van der Waals surface area (Å²) in [6, 6.07) is 7.58. The fourth-order valence-corrected chi connectivity index (χ4v) is 1.37. The van der Waals surface area contributed by atoms with Crippen LogP contribution in [0.5, 0.6) is 5.75 Å². The Balaban J connectivity index is 2.36. The lowest BCUT2D eigenvalue weighted by atomic mass is 10.1. The number of para-hydroxylation sites is 1. The molecule has 0 atom stereocenters. The maximum Gasteiger partial charge on any atom is 0.337 e. The van der Waals surface area contributed by atoms with Gasteiger partial charge in [-0.3, -0.25) is 0 Å². The zero-order valence-electron chi connectivity index (χ0n) is 7.82. The van der Waals surface area contributed by atoms with Gasteiger partial charge in [-0.05, 0) is 12.1 Å². The molecule has 1 aromatic rings. The van der Waals surface area contributed by atoms with Crippen molar-refractivity contribution >= 4 is 12.0 Å². The molecule has 3 nitrogen and oxygen atoms in total. The number of carbonyl (C=O) groups is 1. The Kier molecular flexibility index (Phi) is 2.23. The van der Waals surface area contributed by atoms with Crippen LogP contribution < -0.4 is 4.74 Å². The Bertz CT molecular complexity index is 393. The van der Waals surface area contributed by atoms with E-state index in [1.54, 1.807) is 6.08 Å². The molecule has 0 fully saturated rings. The maximum atomic E-state index is 11.2. The second kappa shape index (κ2) is 3.54. The second-order valence-corrected chi connectivity index (χ2v) is 2.99. The van der Waals surface area contributed by atoms with Gasteiger partial charge in [0.15, 0.2) is 0 Å². The molecule has 1 heterocycles. The number of hydrogen-bond acceptors (Lipinski definition) is 3. The van der Waals surface area contributed by atoms with E-state index < -0.39 is 0 Å². The first-order valence-electron chi connectivity index (χ1n) is 4.32. The van der Waals surface area contributed by atoms with Crippen LogP contribution in [0.3, 0.4) is 0 Å². The van der Waals surface area contributed by atoms with Crippen molar-refractivity contribution in [3.05, 3.63) is 35.4 Å². The molecular weight excluding hydrogens is 180 g/mol. The summed E-state index contributed by atoms with van der Waals surface area (Å²) < 4.78 is 10.0. The van der Waals surface area contributed by atoms with Crippen molar-refractivity contribution in [3.8, 4) is 5.75 Å². The van der Waals surface area contributed by atoms with E-state index in [1.807, 2.05) is 24.3 Å². The van der Waals surface area contributed by atoms with Crippen molar-refractivity contribution in [2.24, 2.45) is 0 Å². The fraction of sp³-hybridized carbons (Fsp3) is 0.182. The number of benzene rings is 1. The summed E-state index contributed by atoms with van der Waals surface area (Å²) in [5.41, 5.74) is 1.46. The Hall–Kier alpha value is -1.77. The lowest BCUT2D eigenvalue weighted by Gasteiger charge is -2.15. The van der Waals surface area contributed by atoms with Crippen LogP contribution in [-0.4, -0.2) is 19.7 Å². The molecule has 0 unspecified atom stereocenters. The van der Waals surface area contributed by atoms with E-state index in [1.165, 1.54) is 7.11 Å². The third-order valence-corrected chi connectivity index (χ3v) is 2.08. The molecule has 0 saturated heterocycles. The molecule has 0 spiro atoms. The largest absolute Gasteiger partial charge is 0.488 e. The number of carbonyl (C=O) groups excluding carboxylic acids is 1. The van der Waals surface area contributed by atoms with Crippen molar-refractivity contribution < 1.29 is 14.3 Å². The standard InChI is InChI=1S/C11H10O3/c1-13-11(12)9-6-8-4-2-3-5-10(8)14-7-9/h2-6H,7H2,1H3. The van der Waals surface area contributed by atoms with E-state index in [9.17, 15) is 4.79 Å². The average molecular weight is 190 g/mol. The van der Waals surface area contributed by atoms with Crippen LogP contribution in [0.25, 0.3) is 6.08 Å². The van der Waals surface area contributed by atoms with Gasteiger partial charge in [0.25, 0.3) is 0 Å². The highest BCUT2D eigenvalue weighted by Crippen LogP contribution is 2.25. The molecule has 0 radical (unpaired) electrons. The molecule has 0 aliphatic carbocycles. The molecule has 2 rings (SSSR count). The molecule has 0 bridgehead atoms. The predicted molar refractivity (Wildman–Crippen MR) is 51.9 cm³/mol. The molecule has 0 amide bonds. The van der Waals surface area contributed by atoms with Gasteiger partial charge in [-0.25, -0.2) is 4.79 Å². The van der Waals surface area contributed by atoms with Crippen LogP contribution in [0.1, 0.15) is 5.56 Å². The van der Waals surface area contributed by atoms with Crippen LogP contribution in [0.15, 0.2) is 29.8 Å². The third-order valence-electron chi connectivity index (χ3n) is 2.08. The normalized spacial score (nSPS) is 13.6. The van der Waals surface area contributed by atoms with Crippen LogP contribution in [-0.2, 0) is 9.53 Å². The van der Waals surface area contributed by atoms with E-state index in [0.717, 1.165) is 11.3 Å². The van der Waals surface area contributed by atoms with E-state index in [-0.39, 0.29) is 12.6 Å². The van der Waals surface area contributed by atoms with E-state index in [0.29, 0.717) is 5.57 Å². The zero-order valence-corrected chi connectivity index (χ0v) is 7.82. The summed E-state index contributed by atoms with van der Waals surface area (Å²) in [6.45, 7) is 0.281. The third kappa shape index (κ3) is 1.48. The minimum absolute atomic E-state index is 0.281. The fourth-order valence-electron chi connectivity index (χ4n) is 1.37. The predicted octanol–water partition coefficient (Wildman–Crippen LogP) is 1.64. The van der Waals surface area contributed by atoms with Gasteiger partial charge >= 0.3 is 5.97 Å². The highest BCUT2D eigenvalue weighted by molar-refractivity contribution is 5.95. The molecule has 14 heavy (non-hydrogen) atoms.